The topological polar surface area (TPSA) is 46.9 Å². The van der Waals surface area contributed by atoms with E-state index < -0.39 is 0 Å². The number of aryl methyl sites for hydroxylation is 1. The zero-order valence-electron chi connectivity index (χ0n) is 10.8. The van der Waals surface area contributed by atoms with Gasteiger partial charge in [0.2, 0.25) is 0 Å². The minimum absolute atomic E-state index is 0.253. The molecule has 0 saturated carbocycles. The van der Waals surface area contributed by atoms with Crippen molar-refractivity contribution in [3.63, 3.8) is 0 Å². The fourth-order valence-electron chi connectivity index (χ4n) is 2.15. The van der Waals surface area contributed by atoms with Crippen LogP contribution < -0.4 is 5.32 Å². The molecule has 0 bridgehead atoms. The van der Waals surface area contributed by atoms with E-state index in [1.807, 2.05) is 0 Å². The van der Waals surface area contributed by atoms with E-state index in [0.717, 1.165) is 5.39 Å². The summed E-state index contributed by atoms with van der Waals surface area (Å²) in [5.74, 6) is -0.574. The van der Waals surface area contributed by atoms with Crippen LogP contribution in [0.3, 0.4) is 0 Å². The number of fused-ring (bicyclic) bond motifs is 1. The number of aromatic nitrogens is 2. The number of hydrogen-bond donors (Lipinski definition) is 1. The third kappa shape index (κ3) is 2.14. The highest BCUT2D eigenvalue weighted by Crippen LogP contribution is 2.20. The van der Waals surface area contributed by atoms with Gasteiger partial charge < -0.3 is 9.88 Å². The van der Waals surface area contributed by atoms with Crippen LogP contribution in [0.2, 0.25) is 0 Å². The molecule has 0 aliphatic heterocycles. The summed E-state index contributed by atoms with van der Waals surface area (Å²) in [6.45, 7) is 0. The van der Waals surface area contributed by atoms with Crippen molar-refractivity contribution in [2.75, 3.05) is 5.32 Å². The van der Waals surface area contributed by atoms with Gasteiger partial charge in [0.25, 0.3) is 5.91 Å². The molecule has 3 rings (SSSR count). The van der Waals surface area contributed by atoms with Gasteiger partial charge in [0.15, 0.2) is 0 Å². The van der Waals surface area contributed by atoms with E-state index in [9.17, 15) is 9.18 Å². The SMILES string of the molecule is Cn1c(C(=O)Nc2cccnc2)cc2ccc(F)cc21. The van der Waals surface area contributed by atoms with E-state index in [0.29, 0.717) is 16.9 Å². The molecular formula is C15H12FN3O. The zero-order valence-corrected chi connectivity index (χ0v) is 10.8. The molecule has 0 aliphatic carbocycles. The molecule has 0 atom stereocenters. The lowest BCUT2D eigenvalue weighted by Gasteiger charge is -2.05. The van der Waals surface area contributed by atoms with Gasteiger partial charge in [-0.1, -0.05) is 0 Å². The molecule has 0 unspecified atom stereocenters. The molecule has 5 heteroatoms. The number of carbonyl (C=O) groups excluding carboxylic acids is 1. The van der Waals surface area contributed by atoms with Crippen LogP contribution in [-0.4, -0.2) is 15.5 Å². The van der Waals surface area contributed by atoms with E-state index in [-0.39, 0.29) is 11.7 Å². The van der Waals surface area contributed by atoms with E-state index >= 15 is 0 Å². The number of pyridine rings is 1. The Morgan fingerprint density at radius 3 is 2.90 bits per heavy atom. The van der Waals surface area contributed by atoms with E-state index in [2.05, 4.69) is 10.3 Å². The average Bonchev–Trinajstić information content (AvgIpc) is 2.77. The fourth-order valence-corrected chi connectivity index (χ4v) is 2.15. The highest BCUT2D eigenvalue weighted by molar-refractivity contribution is 6.06. The van der Waals surface area contributed by atoms with Crippen molar-refractivity contribution >= 4 is 22.5 Å². The standard InChI is InChI=1S/C15H12FN3O/c1-19-13-8-11(16)5-4-10(13)7-14(19)15(20)18-12-3-2-6-17-9-12/h2-9H,1H3,(H,18,20). The largest absolute Gasteiger partial charge is 0.340 e. The van der Waals surface area contributed by atoms with Gasteiger partial charge in [-0.2, -0.15) is 0 Å². The van der Waals surface area contributed by atoms with E-state index in [1.165, 1.54) is 12.1 Å². The van der Waals surface area contributed by atoms with Gasteiger partial charge in [-0.15, -0.1) is 0 Å². The number of carbonyl (C=O) groups is 1. The first-order chi connectivity index (χ1) is 9.65. The predicted octanol–water partition coefficient (Wildman–Crippen LogP) is 2.96. The summed E-state index contributed by atoms with van der Waals surface area (Å²) in [6, 6.07) is 9.69. The molecule has 0 aliphatic rings. The van der Waals surface area contributed by atoms with Crippen LogP contribution in [0, 0.1) is 5.82 Å². The molecule has 1 amide bonds. The summed E-state index contributed by atoms with van der Waals surface area (Å²) >= 11 is 0. The Labute approximate surface area is 114 Å². The first-order valence-electron chi connectivity index (χ1n) is 6.11. The summed E-state index contributed by atoms with van der Waals surface area (Å²) < 4.78 is 14.9. The maximum atomic E-state index is 13.3. The first kappa shape index (κ1) is 12.3. The minimum Gasteiger partial charge on any atom is -0.340 e. The van der Waals surface area contributed by atoms with Crippen LogP contribution in [-0.2, 0) is 7.05 Å². The number of nitrogens with zero attached hydrogens (tertiary/aromatic N) is 2. The minimum atomic E-state index is -0.321. The van der Waals surface area contributed by atoms with Crippen LogP contribution in [0.15, 0.2) is 48.8 Å². The Hall–Kier alpha value is -2.69. The number of anilines is 1. The summed E-state index contributed by atoms with van der Waals surface area (Å²) in [5.41, 5.74) is 1.77. The Morgan fingerprint density at radius 1 is 1.30 bits per heavy atom. The van der Waals surface area contributed by atoms with Gasteiger partial charge in [-0.3, -0.25) is 9.78 Å². The summed E-state index contributed by atoms with van der Waals surface area (Å²) in [7, 11) is 1.74. The molecule has 3 aromatic rings. The normalized spacial score (nSPS) is 10.7. The highest BCUT2D eigenvalue weighted by atomic mass is 19.1. The second-order valence-corrected chi connectivity index (χ2v) is 4.49. The van der Waals surface area contributed by atoms with Crippen molar-refractivity contribution < 1.29 is 9.18 Å². The smallest absolute Gasteiger partial charge is 0.272 e. The molecule has 0 spiro atoms. The van der Waals surface area contributed by atoms with Crippen LogP contribution in [0.25, 0.3) is 10.9 Å². The maximum absolute atomic E-state index is 13.3. The maximum Gasteiger partial charge on any atom is 0.272 e. The van der Waals surface area contributed by atoms with Gasteiger partial charge in [-0.25, -0.2) is 4.39 Å². The third-order valence-corrected chi connectivity index (χ3v) is 3.16. The molecular weight excluding hydrogens is 257 g/mol. The van der Waals surface area contributed by atoms with Crippen molar-refractivity contribution in [3.8, 4) is 0 Å². The highest BCUT2D eigenvalue weighted by Gasteiger charge is 2.13. The van der Waals surface area contributed by atoms with Crippen molar-refractivity contribution in [2.45, 2.75) is 0 Å². The summed E-state index contributed by atoms with van der Waals surface area (Å²) in [4.78, 5) is 16.2. The molecule has 0 radical (unpaired) electrons. The van der Waals surface area contributed by atoms with Gasteiger partial charge in [-0.05, 0) is 36.4 Å². The van der Waals surface area contributed by atoms with Crippen molar-refractivity contribution in [3.05, 3.63) is 60.3 Å². The number of amides is 1. The van der Waals surface area contributed by atoms with E-state index in [4.69, 9.17) is 0 Å². The molecule has 1 N–H and O–H groups in total. The van der Waals surface area contributed by atoms with Gasteiger partial charge in [0.05, 0.1) is 17.4 Å². The number of hydrogen-bond acceptors (Lipinski definition) is 2. The van der Waals surface area contributed by atoms with Crippen LogP contribution in [0.1, 0.15) is 10.5 Å². The Balaban J connectivity index is 1.98. The second kappa shape index (κ2) is 4.77. The molecule has 0 saturated heterocycles. The fraction of sp³-hybridized carbons (Fsp3) is 0.0667. The zero-order chi connectivity index (χ0) is 14.1. The van der Waals surface area contributed by atoms with Gasteiger partial charge >= 0.3 is 0 Å². The Kier molecular flexibility index (Phi) is 2.95. The van der Waals surface area contributed by atoms with Crippen LogP contribution in [0.4, 0.5) is 10.1 Å². The number of rotatable bonds is 2. The van der Waals surface area contributed by atoms with Gasteiger partial charge in [0.1, 0.15) is 11.5 Å². The number of benzene rings is 1. The molecule has 2 aromatic heterocycles. The molecule has 1 aromatic carbocycles. The second-order valence-electron chi connectivity index (χ2n) is 4.49. The van der Waals surface area contributed by atoms with Crippen molar-refractivity contribution in [1.82, 2.24) is 9.55 Å². The summed E-state index contributed by atoms with van der Waals surface area (Å²) in [6.07, 6.45) is 3.20. The monoisotopic (exact) mass is 269 g/mol. The molecule has 0 fully saturated rings. The lowest BCUT2D eigenvalue weighted by molar-refractivity contribution is 0.101. The molecule has 20 heavy (non-hydrogen) atoms. The summed E-state index contributed by atoms with van der Waals surface area (Å²) in [5, 5.41) is 3.58. The Morgan fingerprint density at radius 2 is 2.15 bits per heavy atom. The predicted molar refractivity (Wildman–Crippen MR) is 75.1 cm³/mol. The Bertz CT molecular complexity index is 780. The quantitative estimate of drug-likeness (QED) is 0.777. The van der Waals surface area contributed by atoms with Crippen LogP contribution >= 0.6 is 0 Å². The first-order valence-corrected chi connectivity index (χ1v) is 6.11. The lowest BCUT2D eigenvalue weighted by atomic mass is 10.2. The molecule has 2 heterocycles. The molecule has 4 nitrogen and oxygen atoms in total. The lowest BCUT2D eigenvalue weighted by Crippen LogP contribution is -2.15. The third-order valence-electron chi connectivity index (χ3n) is 3.16. The van der Waals surface area contributed by atoms with Gasteiger partial charge in [0, 0.05) is 18.6 Å². The average molecular weight is 269 g/mol. The van der Waals surface area contributed by atoms with Crippen LogP contribution in [0.5, 0.6) is 0 Å². The molecule has 100 valence electrons. The van der Waals surface area contributed by atoms with Crippen molar-refractivity contribution in [1.29, 1.82) is 0 Å². The van der Waals surface area contributed by atoms with Crippen molar-refractivity contribution in [2.24, 2.45) is 7.05 Å². The number of halogens is 1. The van der Waals surface area contributed by atoms with E-state index in [1.54, 1.807) is 48.3 Å². The number of nitrogens with one attached hydrogen (secondary N) is 1.